The standard InChI is InChI=1S/C27H26N2O8/c30-17-18-35-21-13-11-19(12-14-21)25(37-27(33)28-26(32)20-7-3-1-4-8-20)23(15-16-24(31)29-34)36-22-9-5-2-6-10-22/h1-16,23,25,30,34H,17-18H2,(H,29,31)(H,28,32,33)/b16-15+/t23-,25-/m0/s1. The van der Waals surface area contributed by atoms with Crippen molar-refractivity contribution in [3.05, 3.63) is 108 Å². The quantitative estimate of drug-likeness (QED) is 0.176. The van der Waals surface area contributed by atoms with Crippen LogP contribution in [-0.4, -0.2) is 47.5 Å². The lowest BCUT2D eigenvalue weighted by Crippen LogP contribution is -2.36. The van der Waals surface area contributed by atoms with Gasteiger partial charge in [-0.15, -0.1) is 0 Å². The van der Waals surface area contributed by atoms with Crippen LogP contribution in [0.2, 0.25) is 0 Å². The van der Waals surface area contributed by atoms with Crippen molar-refractivity contribution in [3.8, 4) is 11.5 Å². The molecule has 3 amide bonds. The summed E-state index contributed by atoms with van der Waals surface area (Å²) in [6, 6.07) is 23.2. The summed E-state index contributed by atoms with van der Waals surface area (Å²) in [5.74, 6) is -0.598. The summed E-state index contributed by atoms with van der Waals surface area (Å²) in [4.78, 5) is 36.9. The summed E-state index contributed by atoms with van der Waals surface area (Å²) in [5.41, 5.74) is 2.21. The maximum Gasteiger partial charge on any atom is 0.414 e. The monoisotopic (exact) mass is 506 g/mol. The van der Waals surface area contributed by atoms with Crippen LogP contribution in [-0.2, 0) is 9.53 Å². The number of rotatable bonds is 11. The first-order chi connectivity index (χ1) is 18.0. The Hall–Kier alpha value is -4.67. The normalized spacial score (nSPS) is 12.3. The molecule has 37 heavy (non-hydrogen) atoms. The van der Waals surface area contributed by atoms with Gasteiger partial charge in [0, 0.05) is 11.6 Å². The molecule has 3 rings (SSSR count). The summed E-state index contributed by atoms with van der Waals surface area (Å²) in [6.45, 7) is -0.0597. The lowest BCUT2D eigenvalue weighted by atomic mass is 10.0. The second kappa shape index (κ2) is 14.0. The van der Waals surface area contributed by atoms with E-state index in [9.17, 15) is 14.4 Å². The third-order valence-electron chi connectivity index (χ3n) is 4.92. The predicted octanol–water partition coefficient (Wildman–Crippen LogP) is 3.17. The van der Waals surface area contributed by atoms with Crippen LogP contribution in [0, 0.1) is 0 Å². The van der Waals surface area contributed by atoms with E-state index in [1.165, 1.54) is 11.6 Å². The van der Waals surface area contributed by atoms with Crippen LogP contribution in [0.1, 0.15) is 22.0 Å². The second-order valence-electron chi connectivity index (χ2n) is 7.52. The van der Waals surface area contributed by atoms with E-state index in [0.717, 1.165) is 6.08 Å². The summed E-state index contributed by atoms with van der Waals surface area (Å²) in [7, 11) is 0. The number of imide groups is 1. The van der Waals surface area contributed by atoms with E-state index in [1.54, 1.807) is 84.9 Å². The number of carbonyl (C=O) groups is 3. The second-order valence-corrected chi connectivity index (χ2v) is 7.52. The molecule has 0 aliphatic carbocycles. The number of amides is 3. The minimum absolute atomic E-state index is 0.0992. The van der Waals surface area contributed by atoms with E-state index in [0.29, 0.717) is 17.1 Å². The first-order valence-electron chi connectivity index (χ1n) is 11.2. The molecule has 0 radical (unpaired) electrons. The number of ether oxygens (including phenoxy) is 3. The molecule has 0 aliphatic heterocycles. The SMILES string of the molecule is O=C(/C=C/[C@H](Oc1ccccc1)[C@@H](OC(=O)NC(=O)c1ccccc1)c1ccc(OCCO)cc1)NO. The molecule has 10 nitrogen and oxygen atoms in total. The van der Waals surface area contributed by atoms with Gasteiger partial charge in [0.05, 0.1) is 6.61 Å². The Morgan fingerprint density at radius 2 is 1.51 bits per heavy atom. The zero-order valence-electron chi connectivity index (χ0n) is 19.7. The van der Waals surface area contributed by atoms with Crippen molar-refractivity contribution in [3.63, 3.8) is 0 Å². The summed E-state index contributed by atoms with van der Waals surface area (Å²) in [5, 5.41) is 20.0. The molecular formula is C27H26N2O8. The summed E-state index contributed by atoms with van der Waals surface area (Å²) < 4.78 is 17.0. The van der Waals surface area contributed by atoms with Crippen LogP contribution in [0.5, 0.6) is 11.5 Å². The summed E-state index contributed by atoms with van der Waals surface area (Å²) in [6.07, 6.45) is -0.900. The van der Waals surface area contributed by atoms with Crippen molar-refractivity contribution in [2.75, 3.05) is 13.2 Å². The molecule has 3 aromatic carbocycles. The van der Waals surface area contributed by atoms with Crippen LogP contribution in [0.25, 0.3) is 0 Å². The van der Waals surface area contributed by atoms with Crippen molar-refractivity contribution in [1.29, 1.82) is 0 Å². The van der Waals surface area contributed by atoms with E-state index < -0.39 is 30.1 Å². The molecule has 0 unspecified atom stereocenters. The molecule has 0 heterocycles. The van der Waals surface area contributed by atoms with Gasteiger partial charge in [0.15, 0.2) is 12.2 Å². The lowest BCUT2D eigenvalue weighted by molar-refractivity contribution is -0.124. The highest BCUT2D eigenvalue weighted by molar-refractivity contribution is 6.02. The number of aliphatic hydroxyl groups excluding tert-OH is 1. The Morgan fingerprint density at radius 1 is 0.865 bits per heavy atom. The molecule has 4 N–H and O–H groups in total. The van der Waals surface area contributed by atoms with Gasteiger partial charge in [-0.3, -0.25) is 20.1 Å². The van der Waals surface area contributed by atoms with E-state index >= 15 is 0 Å². The number of aliphatic hydroxyl groups is 1. The maximum absolute atomic E-state index is 12.8. The van der Waals surface area contributed by atoms with Crippen molar-refractivity contribution in [1.82, 2.24) is 10.8 Å². The number of nitrogens with one attached hydrogen (secondary N) is 2. The van der Waals surface area contributed by atoms with Crippen LogP contribution < -0.4 is 20.3 Å². The fourth-order valence-corrected chi connectivity index (χ4v) is 3.22. The van der Waals surface area contributed by atoms with Gasteiger partial charge in [-0.25, -0.2) is 10.3 Å². The van der Waals surface area contributed by atoms with Gasteiger partial charge < -0.3 is 19.3 Å². The molecular weight excluding hydrogens is 480 g/mol. The van der Waals surface area contributed by atoms with E-state index in [1.807, 2.05) is 0 Å². The molecule has 0 saturated heterocycles. The number of carbonyl (C=O) groups excluding carboxylic acids is 3. The van der Waals surface area contributed by atoms with Crippen LogP contribution >= 0.6 is 0 Å². The van der Waals surface area contributed by atoms with E-state index in [4.69, 9.17) is 24.5 Å². The van der Waals surface area contributed by atoms with Gasteiger partial charge in [-0.1, -0.05) is 48.5 Å². The Balaban J connectivity index is 1.91. The highest BCUT2D eigenvalue weighted by Gasteiger charge is 2.28. The minimum Gasteiger partial charge on any atom is -0.491 e. The Kier molecular flexibility index (Phi) is 10.2. The Bertz CT molecular complexity index is 1180. The molecule has 0 saturated carbocycles. The molecule has 10 heteroatoms. The number of hydrogen-bond donors (Lipinski definition) is 4. The van der Waals surface area contributed by atoms with Crippen molar-refractivity contribution in [2.24, 2.45) is 0 Å². The van der Waals surface area contributed by atoms with E-state index in [-0.39, 0.29) is 18.8 Å². The lowest BCUT2D eigenvalue weighted by Gasteiger charge is -2.26. The van der Waals surface area contributed by atoms with Crippen LogP contribution in [0.3, 0.4) is 0 Å². The Labute approximate surface area is 213 Å². The molecule has 0 fully saturated rings. The zero-order valence-corrected chi connectivity index (χ0v) is 19.7. The van der Waals surface area contributed by atoms with E-state index in [2.05, 4.69) is 5.32 Å². The van der Waals surface area contributed by atoms with Gasteiger partial charge >= 0.3 is 6.09 Å². The van der Waals surface area contributed by atoms with Crippen molar-refractivity contribution >= 4 is 17.9 Å². The molecule has 0 bridgehead atoms. The smallest absolute Gasteiger partial charge is 0.414 e. The number of hydrogen-bond acceptors (Lipinski definition) is 8. The van der Waals surface area contributed by atoms with Gasteiger partial charge in [0.2, 0.25) is 0 Å². The minimum atomic E-state index is -1.14. The molecule has 3 aromatic rings. The zero-order chi connectivity index (χ0) is 26.5. The molecule has 0 aromatic heterocycles. The summed E-state index contributed by atoms with van der Waals surface area (Å²) >= 11 is 0. The van der Waals surface area contributed by atoms with Crippen molar-refractivity contribution in [2.45, 2.75) is 12.2 Å². The molecule has 192 valence electrons. The number of para-hydroxylation sites is 1. The Morgan fingerprint density at radius 3 is 2.14 bits per heavy atom. The third-order valence-corrected chi connectivity index (χ3v) is 4.92. The van der Waals surface area contributed by atoms with Crippen molar-refractivity contribution < 1.29 is 38.9 Å². The average molecular weight is 507 g/mol. The molecule has 0 spiro atoms. The first kappa shape index (κ1) is 26.9. The van der Waals surface area contributed by atoms with Gasteiger partial charge in [0.1, 0.15) is 18.1 Å². The highest BCUT2D eigenvalue weighted by Crippen LogP contribution is 2.28. The third kappa shape index (κ3) is 8.49. The molecule has 2 atom stereocenters. The van der Waals surface area contributed by atoms with Crippen LogP contribution in [0.15, 0.2) is 97.1 Å². The number of alkyl carbamates (subject to hydrolysis) is 1. The van der Waals surface area contributed by atoms with Gasteiger partial charge in [-0.05, 0) is 48.0 Å². The fourth-order valence-electron chi connectivity index (χ4n) is 3.22. The average Bonchev–Trinajstić information content (AvgIpc) is 2.94. The predicted molar refractivity (Wildman–Crippen MR) is 132 cm³/mol. The number of benzene rings is 3. The highest BCUT2D eigenvalue weighted by atomic mass is 16.6. The van der Waals surface area contributed by atoms with Gasteiger partial charge in [0.25, 0.3) is 11.8 Å². The fraction of sp³-hybridized carbons (Fsp3) is 0.148. The topological polar surface area (TPSA) is 143 Å². The van der Waals surface area contributed by atoms with Gasteiger partial charge in [-0.2, -0.15) is 0 Å². The van der Waals surface area contributed by atoms with Crippen LogP contribution in [0.4, 0.5) is 4.79 Å². The molecule has 0 aliphatic rings. The maximum atomic E-state index is 12.8. The largest absolute Gasteiger partial charge is 0.491 e. The first-order valence-corrected chi connectivity index (χ1v) is 11.2. The number of hydroxylamine groups is 1.